The summed E-state index contributed by atoms with van der Waals surface area (Å²) in [5.41, 5.74) is 6.28. The van der Waals surface area contributed by atoms with Crippen LogP contribution in [0.25, 0.3) is 0 Å². The van der Waals surface area contributed by atoms with Crippen molar-refractivity contribution in [1.82, 2.24) is 34.2 Å². The lowest BCUT2D eigenvalue weighted by Crippen LogP contribution is -2.54. The molecule has 6 bridgehead atoms. The molecule has 6 N–H and O–H groups in total. The molecule has 7 aliphatic rings. The first-order chi connectivity index (χ1) is 45.0. The summed E-state index contributed by atoms with van der Waals surface area (Å²) in [5, 5.41) is 3.56. The fourth-order valence-corrected chi connectivity index (χ4v) is 17.5. The van der Waals surface area contributed by atoms with Gasteiger partial charge in [-0.1, -0.05) is 12.1 Å². The molecule has 6 fully saturated rings. The van der Waals surface area contributed by atoms with E-state index in [1.807, 2.05) is 46.4 Å². The monoisotopic (exact) mass is 1410 g/mol. The molecule has 6 saturated heterocycles. The first kappa shape index (κ1) is 74.8. The molecule has 7 aliphatic heterocycles. The summed E-state index contributed by atoms with van der Waals surface area (Å²) in [4.78, 5) is 55.9. The Hall–Kier alpha value is -5.42. The Bertz CT molecular complexity index is 3550. The number of nitrogens with one attached hydrogen (secondary N) is 4. The number of fused-ring (bicyclic) bond motifs is 7. The number of piperidine rings is 3. The molecule has 0 radical (unpaired) electrons. The highest BCUT2D eigenvalue weighted by molar-refractivity contribution is 7.85. The lowest BCUT2D eigenvalue weighted by atomic mass is 9.82. The van der Waals surface area contributed by atoms with E-state index in [-0.39, 0.29) is 120 Å². The van der Waals surface area contributed by atoms with Gasteiger partial charge in [-0.15, -0.1) is 0 Å². The average molecular weight is 1410 g/mol. The smallest absolute Gasteiger partial charge is 0.262 e. The first-order valence-electron chi connectivity index (χ1n) is 33.0. The number of halogens is 9. The predicted octanol–water partition coefficient (Wildman–Crippen LogP) is 10.5. The lowest BCUT2D eigenvalue weighted by Gasteiger charge is -2.42. The number of carbonyl (C=O) groups is 4. The number of carbonyl (C=O) groups excluding carboxylic acids is 4. The summed E-state index contributed by atoms with van der Waals surface area (Å²) in [6.07, 6.45) is 9.94. The maximum atomic E-state index is 14.6. The van der Waals surface area contributed by atoms with Gasteiger partial charge in [0.05, 0.1) is 64.9 Å². The van der Waals surface area contributed by atoms with E-state index < -0.39 is 123 Å². The van der Waals surface area contributed by atoms with Gasteiger partial charge in [0.15, 0.2) is 34.9 Å². The van der Waals surface area contributed by atoms with Crippen molar-refractivity contribution in [2.24, 2.45) is 23.5 Å². The minimum atomic E-state index is -1.51. The Morgan fingerprint density at radius 2 is 0.760 bits per heavy atom. The summed E-state index contributed by atoms with van der Waals surface area (Å²) < 4.78 is 171. The molecule has 0 spiro atoms. The van der Waals surface area contributed by atoms with Crippen molar-refractivity contribution < 1.29 is 71.3 Å². The Balaban J connectivity index is 0.000000174. The van der Waals surface area contributed by atoms with E-state index in [9.17, 15) is 71.3 Å². The van der Waals surface area contributed by atoms with Gasteiger partial charge in [-0.05, 0) is 223 Å². The summed E-state index contributed by atoms with van der Waals surface area (Å²) >= 11 is 0. The van der Waals surface area contributed by atoms with Gasteiger partial charge in [-0.25, -0.2) is 66.3 Å². The van der Waals surface area contributed by atoms with E-state index in [1.54, 1.807) is 49.9 Å². The van der Waals surface area contributed by atoms with Crippen molar-refractivity contribution >= 4 is 56.6 Å². The average Bonchev–Trinajstić information content (AvgIpc) is 1.61. The van der Waals surface area contributed by atoms with Gasteiger partial charge in [-0.2, -0.15) is 0 Å². The van der Waals surface area contributed by atoms with Crippen LogP contribution < -0.4 is 25.2 Å². The van der Waals surface area contributed by atoms with E-state index in [0.717, 1.165) is 74.5 Å². The van der Waals surface area contributed by atoms with Gasteiger partial charge in [0.25, 0.3) is 11.8 Å². The van der Waals surface area contributed by atoms with E-state index in [0.29, 0.717) is 56.0 Å². The number of rotatable bonds is 18. The molecule has 4 amide bonds. The molecule has 528 valence electrons. The van der Waals surface area contributed by atoms with Crippen molar-refractivity contribution in [1.29, 1.82) is 0 Å². The van der Waals surface area contributed by atoms with Gasteiger partial charge >= 0.3 is 0 Å². The predicted molar refractivity (Wildman–Crippen MR) is 351 cm³/mol. The van der Waals surface area contributed by atoms with Crippen molar-refractivity contribution in [3.8, 4) is 0 Å². The van der Waals surface area contributed by atoms with E-state index in [4.69, 9.17) is 5.73 Å². The molecule has 0 aromatic heterocycles. The molecule has 96 heavy (non-hydrogen) atoms. The second-order valence-corrected chi connectivity index (χ2v) is 35.6. The van der Waals surface area contributed by atoms with Crippen LogP contribution in [0.3, 0.4) is 0 Å². The number of nitrogens with zero attached hydrogens (tertiary/aromatic N) is 3. The summed E-state index contributed by atoms with van der Waals surface area (Å²) in [7, 11) is -4.26. The molecule has 7 heterocycles. The minimum Gasteiger partial charge on any atom is -0.336 e. The topological polar surface area (TPSA) is 203 Å². The van der Waals surface area contributed by atoms with Crippen molar-refractivity contribution in [3.05, 3.63) is 141 Å². The van der Waals surface area contributed by atoms with Gasteiger partial charge in [0, 0.05) is 72.6 Å². The highest BCUT2D eigenvalue weighted by Gasteiger charge is 2.49. The van der Waals surface area contributed by atoms with Crippen molar-refractivity contribution in [2.45, 2.75) is 227 Å². The van der Waals surface area contributed by atoms with Gasteiger partial charge in [-0.3, -0.25) is 24.1 Å². The zero-order valence-corrected chi connectivity index (χ0v) is 58.1. The molecular formula is C69H89F9N8O7S3. The standard InChI is InChI=1S/C29H32F3N3O4S.C21H30F3N3O2S.C19H27F3N2OS/c1-29(2,3)40(39)33-25(13-16-12-23(31)24(32)14-22(16)30)17-10-18-8-9-19(11-17)35(18)26(36)15-34-27(37)20-6-4-5-7-21(20)28(34)38;1-21(2,3)30(29)26-19(9-12-8-17(23)18(24)10-16(12)22)13-6-14-4-5-15(7-13)27(14)20(28)11-25;1-19(2,3)26(25)24-18(12-6-13-4-5-14(7-12)23-13)9-11-8-16(21)17(22)10-15(11)20/h4-7,12,14,17-19,25,33H,8-11,13,15H2,1-3H3;8,10,13-15,19,26H,4-7,9,11,25H2,1-3H3;8,10,12-14,18,23-24H,4-7,9H2,1-3H3/t17?,18-,19+,25-,40-;13?,14-,15+,19-,30-;12?,13-,14+,18-,26-/m000/s1. The van der Waals surface area contributed by atoms with Gasteiger partial charge in [0.1, 0.15) is 24.0 Å². The molecule has 15 atom stereocenters. The Labute approximate surface area is 563 Å². The van der Waals surface area contributed by atoms with E-state index in [1.165, 1.54) is 0 Å². The highest BCUT2D eigenvalue weighted by Crippen LogP contribution is 2.43. The third kappa shape index (κ3) is 17.6. The fourth-order valence-electron chi connectivity index (χ4n) is 14.8. The summed E-state index contributed by atoms with van der Waals surface area (Å²) in [6.45, 7) is 16.1. The Kier molecular flexibility index (Phi) is 23.8. The maximum Gasteiger partial charge on any atom is 0.262 e. The second kappa shape index (κ2) is 30.6. The Morgan fingerprint density at radius 3 is 1.06 bits per heavy atom. The summed E-state index contributed by atoms with van der Waals surface area (Å²) in [5.74, 6) is -10.7. The molecular weight excluding hydrogens is 1320 g/mol. The fraction of sp³-hybridized carbons (Fsp3) is 0.594. The number of benzene rings is 4. The molecule has 11 rings (SSSR count). The number of hydrogen-bond acceptors (Lipinski definition) is 9. The molecule has 4 aromatic carbocycles. The summed E-state index contributed by atoms with van der Waals surface area (Å²) in [6, 6.07) is 10.2. The third-order valence-electron chi connectivity index (χ3n) is 19.7. The minimum absolute atomic E-state index is 0.00204. The van der Waals surface area contributed by atoms with E-state index >= 15 is 0 Å². The second-order valence-electron chi connectivity index (χ2n) is 29.7. The van der Waals surface area contributed by atoms with Crippen LogP contribution in [-0.4, -0.2) is 133 Å². The molecule has 3 unspecified atom stereocenters. The van der Waals surface area contributed by atoms with Crippen LogP contribution >= 0.6 is 0 Å². The molecule has 0 aliphatic carbocycles. The molecule has 0 saturated carbocycles. The number of amides is 4. The van der Waals surface area contributed by atoms with Crippen LogP contribution in [0.5, 0.6) is 0 Å². The zero-order valence-electron chi connectivity index (χ0n) is 55.6. The van der Waals surface area contributed by atoms with Crippen LogP contribution in [0.4, 0.5) is 39.5 Å². The van der Waals surface area contributed by atoms with Crippen molar-refractivity contribution in [2.75, 3.05) is 13.1 Å². The molecule has 15 nitrogen and oxygen atoms in total. The van der Waals surface area contributed by atoms with Crippen LogP contribution in [0, 0.1) is 70.1 Å². The lowest BCUT2D eigenvalue weighted by molar-refractivity contribution is -0.137. The number of imide groups is 1. The van der Waals surface area contributed by atoms with Gasteiger partial charge < -0.3 is 20.9 Å². The van der Waals surface area contributed by atoms with Crippen LogP contribution in [0.1, 0.15) is 177 Å². The molecule has 4 aromatic rings. The normalized spacial score (nSPS) is 25.7. The Morgan fingerprint density at radius 1 is 0.469 bits per heavy atom. The SMILES string of the molecule is CC(C)(C)[S@](=O)N[C@@H](Cc1cc(F)c(F)cc1F)C1C[C@H]2CC[C@@H](C1)N2.CC(C)(C)[S@](=O)N[C@@H](Cc1cc(F)c(F)cc1F)C1C[C@H]2CC[C@@H](C1)N2C(=O)CN.CC(C)(C)[S@](=O)N[C@@H](Cc1cc(F)c(F)cc1F)C1C[C@H]2CC[C@@H](C1)N2C(=O)CN1C(=O)c2ccccc2C1=O. The molecule has 27 heteroatoms. The largest absolute Gasteiger partial charge is 0.336 e. The van der Waals surface area contributed by atoms with Crippen LogP contribution in [-0.2, 0) is 61.8 Å². The van der Waals surface area contributed by atoms with E-state index in [2.05, 4.69) is 19.5 Å². The number of hydrogen-bond donors (Lipinski definition) is 5. The third-order valence-corrected chi connectivity index (χ3v) is 24.6. The number of nitrogens with two attached hydrogens (primary N) is 1. The maximum absolute atomic E-state index is 14.6. The quantitative estimate of drug-likeness (QED) is 0.0365. The first-order valence-corrected chi connectivity index (χ1v) is 36.4. The zero-order chi connectivity index (χ0) is 70.2. The van der Waals surface area contributed by atoms with Crippen LogP contribution in [0.2, 0.25) is 0 Å². The van der Waals surface area contributed by atoms with Crippen molar-refractivity contribution in [3.63, 3.8) is 0 Å². The van der Waals surface area contributed by atoms with Crippen LogP contribution in [0.15, 0.2) is 60.7 Å². The van der Waals surface area contributed by atoms with Gasteiger partial charge in [0.2, 0.25) is 11.8 Å². The highest BCUT2D eigenvalue weighted by atomic mass is 32.2.